The summed E-state index contributed by atoms with van der Waals surface area (Å²) in [5.74, 6) is 0.984. The molecule has 4 heteroatoms. The summed E-state index contributed by atoms with van der Waals surface area (Å²) in [4.78, 5) is 6.55. The zero-order valence-corrected chi connectivity index (χ0v) is 12.2. The predicted molar refractivity (Wildman–Crippen MR) is 77.4 cm³/mol. The van der Waals surface area contributed by atoms with Crippen LogP contribution in [0.1, 0.15) is 32.3 Å². The molecule has 1 aromatic rings. The molecule has 0 radical (unpaired) electrons. The quantitative estimate of drug-likeness (QED) is 0.882. The Morgan fingerprint density at radius 3 is 2.84 bits per heavy atom. The molecule has 0 atom stereocenters. The van der Waals surface area contributed by atoms with Crippen LogP contribution in [0.25, 0.3) is 0 Å². The van der Waals surface area contributed by atoms with Crippen molar-refractivity contribution in [2.24, 2.45) is 0 Å². The van der Waals surface area contributed by atoms with Crippen LogP contribution in [0.2, 0.25) is 0 Å². The van der Waals surface area contributed by atoms with Crippen LogP contribution in [0, 0.1) is 0 Å². The van der Waals surface area contributed by atoms with Crippen molar-refractivity contribution in [2.75, 3.05) is 20.1 Å². The lowest BCUT2D eigenvalue weighted by Gasteiger charge is -2.29. The average molecular weight is 263 g/mol. The highest BCUT2D eigenvalue weighted by molar-refractivity contribution is 5.30. The van der Waals surface area contributed by atoms with Crippen molar-refractivity contribution in [1.82, 2.24) is 15.2 Å². The van der Waals surface area contributed by atoms with Crippen molar-refractivity contribution >= 4 is 0 Å². The van der Waals surface area contributed by atoms with E-state index in [1.165, 1.54) is 0 Å². The van der Waals surface area contributed by atoms with E-state index < -0.39 is 0 Å². The molecule has 0 bridgehead atoms. The zero-order chi connectivity index (χ0) is 13.7. The van der Waals surface area contributed by atoms with Gasteiger partial charge in [0.2, 0.25) is 0 Å². The first kappa shape index (κ1) is 14.3. The molecular formula is C15H25N3O. The lowest BCUT2D eigenvalue weighted by Crippen LogP contribution is -2.36. The van der Waals surface area contributed by atoms with Gasteiger partial charge in [-0.05, 0) is 26.0 Å². The van der Waals surface area contributed by atoms with E-state index in [2.05, 4.69) is 36.1 Å². The van der Waals surface area contributed by atoms with Gasteiger partial charge in [0, 0.05) is 43.6 Å². The minimum atomic E-state index is 0.344. The second-order valence-electron chi connectivity index (χ2n) is 5.64. The van der Waals surface area contributed by atoms with E-state index in [0.29, 0.717) is 12.1 Å². The molecule has 0 unspecified atom stereocenters. The number of aromatic nitrogens is 1. The van der Waals surface area contributed by atoms with Crippen LogP contribution < -0.4 is 10.1 Å². The van der Waals surface area contributed by atoms with Crippen LogP contribution in [-0.2, 0) is 6.54 Å². The normalized spacial score (nSPS) is 17.9. The van der Waals surface area contributed by atoms with Gasteiger partial charge in [0.05, 0.1) is 0 Å². The summed E-state index contributed by atoms with van der Waals surface area (Å²) in [7, 11) is 2.17. The fourth-order valence-corrected chi connectivity index (χ4v) is 2.26. The molecule has 1 aliphatic rings. The van der Waals surface area contributed by atoms with Crippen LogP contribution in [0.15, 0.2) is 18.5 Å². The van der Waals surface area contributed by atoms with Crippen molar-refractivity contribution in [2.45, 2.75) is 45.4 Å². The van der Waals surface area contributed by atoms with E-state index >= 15 is 0 Å². The summed E-state index contributed by atoms with van der Waals surface area (Å²) in [6.07, 6.45) is 6.27. The van der Waals surface area contributed by atoms with Gasteiger partial charge in [-0.2, -0.15) is 0 Å². The molecule has 106 valence electrons. The van der Waals surface area contributed by atoms with Crippen LogP contribution in [-0.4, -0.2) is 42.2 Å². The molecule has 1 aromatic heterocycles. The number of hydrogen-bond acceptors (Lipinski definition) is 4. The van der Waals surface area contributed by atoms with E-state index in [-0.39, 0.29) is 0 Å². The molecule has 0 spiro atoms. The number of rotatable bonds is 5. The Morgan fingerprint density at radius 1 is 1.42 bits per heavy atom. The fraction of sp³-hybridized carbons (Fsp3) is 0.667. The number of nitrogens with zero attached hydrogens (tertiary/aromatic N) is 2. The lowest BCUT2D eigenvalue weighted by atomic mass is 10.1. The second kappa shape index (κ2) is 6.87. The maximum absolute atomic E-state index is 6.16. The average Bonchev–Trinajstić information content (AvgIpc) is 2.40. The van der Waals surface area contributed by atoms with Crippen LogP contribution in [0.5, 0.6) is 5.75 Å². The molecule has 19 heavy (non-hydrogen) atoms. The Labute approximate surface area is 116 Å². The molecule has 0 amide bonds. The van der Waals surface area contributed by atoms with Crippen molar-refractivity contribution < 1.29 is 4.74 Å². The molecule has 1 fully saturated rings. The first-order valence-corrected chi connectivity index (χ1v) is 7.16. The third kappa shape index (κ3) is 4.48. The van der Waals surface area contributed by atoms with Crippen molar-refractivity contribution in [3.63, 3.8) is 0 Å². The summed E-state index contributed by atoms with van der Waals surface area (Å²) in [5.41, 5.74) is 1.15. The van der Waals surface area contributed by atoms with E-state index in [0.717, 1.165) is 43.8 Å². The fourth-order valence-electron chi connectivity index (χ4n) is 2.26. The van der Waals surface area contributed by atoms with Gasteiger partial charge in [-0.15, -0.1) is 0 Å². The van der Waals surface area contributed by atoms with Gasteiger partial charge in [-0.1, -0.05) is 13.8 Å². The number of ether oxygens (including phenoxy) is 1. The predicted octanol–water partition coefficient (Wildman–Crippen LogP) is 2.05. The van der Waals surface area contributed by atoms with Crippen LogP contribution >= 0.6 is 0 Å². The molecule has 2 rings (SSSR count). The zero-order valence-electron chi connectivity index (χ0n) is 12.2. The number of likely N-dealkylation sites (tertiary alicyclic amines) is 1. The second-order valence-corrected chi connectivity index (χ2v) is 5.64. The van der Waals surface area contributed by atoms with Gasteiger partial charge in [0.1, 0.15) is 11.9 Å². The van der Waals surface area contributed by atoms with E-state index in [1.807, 2.05) is 18.5 Å². The smallest absolute Gasteiger partial charge is 0.127 e. The molecule has 2 heterocycles. The largest absolute Gasteiger partial charge is 0.490 e. The first-order valence-electron chi connectivity index (χ1n) is 7.16. The number of piperidine rings is 1. The Hall–Kier alpha value is -1.13. The van der Waals surface area contributed by atoms with Crippen molar-refractivity contribution in [1.29, 1.82) is 0 Å². The van der Waals surface area contributed by atoms with Gasteiger partial charge in [0.25, 0.3) is 0 Å². The molecule has 0 aliphatic carbocycles. The SMILES string of the molecule is CC(C)NCc1cnccc1OC1CCN(C)CC1. The van der Waals surface area contributed by atoms with Gasteiger partial charge in [-0.3, -0.25) is 4.98 Å². The lowest BCUT2D eigenvalue weighted by molar-refractivity contribution is 0.113. The molecule has 1 saturated heterocycles. The Kier molecular flexibility index (Phi) is 5.16. The summed E-state index contributed by atoms with van der Waals surface area (Å²) in [6, 6.07) is 2.45. The Balaban J connectivity index is 1.95. The first-order chi connectivity index (χ1) is 9.15. The molecule has 0 saturated carbocycles. The van der Waals surface area contributed by atoms with Crippen molar-refractivity contribution in [3.8, 4) is 5.75 Å². The summed E-state index contributed by atoms with van der Waals surface area (Å²) >= 11 is 0. The maximum Gasteiger partial charge on any atom is 0.127 e. The van der Waals surface area contributed by atoms with Gasteiger partial charge in [0.15, 0.2) is 0 Å². The standard InChI is InChI=1S/C15H25N3O/c1-12(2)17-11-13-10-16-7-4-15(13)19-14-5-8-18(3)9-6-14/h4,7,10,12,14,17H,5-6,8-9,11H2,1-3H3. The van der Waals surface area contributed by atoms with Gasteiger partial charge >= 0.3 is 0 Å². The van der Waals surface area contributed by atoms with E-state index in [9.17, 15) is 0 Å². The number of pyridine rings is 1. The third-order valence-electron chi connectivity index (χ3n) is 3.52. The molecule has 4 nitrogen and oxygen atoms in total. The minimum Gasteiger partial charge on any atom is -0.490 e. The molecule has 0 aromatic carbocycles. The summed E-state index contributed by atoms with van der Waals surface area (Å²) in [6.45, 7) is 7.35. The molecule has 1 aliphatic heterocycles. The minimum absolute atomic E-state index is 0.344. The van der Waals surface area contributed by atoms with Crippen molar-refractivity contribution in [3.05, 3.63) is 24.0 Å². The van der Waals surface area contributed by atoms with E-state index in [1.54, 1.807) is 0 Å². The highest BCUT2D eigenvalue weighted by Gasteiger charge is 2.19. The Bertz CT molecular complexity index is 387. The number of hydrogen-bond donors (Lipinski definition) is 1. The molecular weight excluding hydrogens is 238 g/mol. The monoisotopic (exact) mass is 263 g/mol. The van der Waals surface area contributed by atoms with Gasteiger partial charge < -0.3 is 15.0 Å². The summed E-state index contributed by atoms with van der Waals surface area (Å²) in [5, 5.41) is 3.42. The van der Waals surface area contributed by atoms with Crippen LogP contribution in [0.3, 0.4) is 0 Å². The highest BCUT2D eigenvalue weighted by atomic mass is 16.5. The topological polar surface area (TPSA) is 37.4 Å². The van der Waals surface area contributed by atoms with E-state index in [4.69, 9.17) is 4.74 Å². The van der Waals surface area contributed by atoms with Crippen LogP contribution in [0.4, 0.5) is 0 Å². The molecule has 1 N–H and O–H groups in total. The summed E-state index contributed by atoms with van der Waals surface area (Å²) < 4.78 is 6.16. The highest BCUT2D eigenvalue weighted by Crippen LogP contribution is 2.22. The maximum atomic E-state index is 6.16. The third-order valence-corrected chi connectivity index (χ3v) is 3.52. The Morgan fingerprint density at radius 2 is 2.16 bits per heavy atom. The number of nitrogens with one attached hydrogen (secondary N) is 1. The van der Waals surface area contributed by atoms with Gasteiger partial charge in [-0.25, -0.2) is 0 Å².